The third kappa shape index (κ3) is 3.37. The van der Waals surface area contributed by atoms with Crippen molar-refractivity contribution in [3.8, 4) is 0 Å². The fourth-order valence-corrected chi connectivity index (χ4v) is 1.57. The number of hydrogen-bond donors (Lipinski definition) is 0. The summed E-state index contributed by atoms with van der Waals surface area (Å²) in [7, 11) is 0. The molecule has 0 fully saturated rings. The standard InChI is InChI=1S/C10H8Cl3NO2/c1-6-4-7(5-8(11)10(12)13)2-3-9(6)14(15)16/h2-4H,5H2,1H3. The number of aryl methyl sites for hydroxylation is 1. The van der Waals surface area contributed by atoms with Crippen LogP contribution in [-0.4, -0.2) is 4.92 Å². The van der Waals surface area contributed by atoms with Crippen LogP contribution in [0.25, 0.3) is 0 Å². The van der Waals surface area contributed by atoms with Crippen molar-refractivity contribution in [3.05, 3.63) is 49.0 Å². The highest BCUT2D eigenvalue weighted by atomic mass is 35.5. The van der Waals surface area contributed by atoms with Crippen LogP contribution in [-0.2, 0) is 6.42 Å². The highest BCUT2D eigenvalue weighted by molar-refractivity contribution is 6.59. The van der Waals surface area contributed by atoms with E-state index in [-0.39, 0.29) is 10.2 Å². The highest BCUT2D eigenvalue weighted by Crippen LogP contribution is 2.24. The number of benzene rings is 1. The Kier molecular flexibility index (Phi) is 4.59. The molecule has 0 spiro atoms. The number of allylic oxidation sites excluding steroid dienone is 1. The van der Waals surface area contributed by atoms with E-state index < -0.39 is 4.92 Å². The molecule has 3 nitrogen and oxygen atoms in total. The maximum atomic E-state index is 10.6. The topological polar surface area (TPSA) is 43.1 Å². The van der Waals surface area contributed by atoms with E-state index in [2.05, 4.69) is 0 Å². The fraction of sp³-hybridized carbons (Fsp3) is 0.200. The van der Waals surface area contributed by atoms with Gasteiger partial charge >= 0.3 is 0 Å². The van der Waals surface area contributed by atoms with Gasteiger partial charge in [0.05, 0.1) is 9.96 Å². The average molecular weight is 281 g/mol. The Morgan fingerprint density at radius 2 is 2.00 bits per heavy atom. The summed E-state index contributed by atoms with van der Waals surface area (Å²) in [4.78, 5) is 10.2. The summed E-state index contributed by atoms with van der Waals surface area (Å²) in [5.41, 5.74) is 1.49. The van der Waals surface area contributed by atoms with Crippen molar-refractivity contribution in [2.45, 2.75) is 13.3 Å². The van der Waals surface area contributed by atoms with Gasteiger partial charge in [0.1, 0.15) is 4.49 Å². The van der Waals surface area contributed by atoms with E-state index in [1.165, 1.54) is 6.07 Å². The third-order valence-electron chi connectivity index (χ3n) is 2.02. The molecular weight excluding hydrogens is 272 g/mol. The SMILES string of the molecule is Cc1cc(CC(Cl)=C(Cl)Cl)ccc1[N+](=O)[O-]. The van der Waals surface area contributed by atoms with E-state index >= 15 is 0 Å². The second-order valence-electron chi connectivity index (χ2n) is 3.22. The number of nitrogens with zero attached hydrogens (tertiary/aromatic N) is 1. The van der Waals surface area contributed by atoms with Crippen molar-refractivity contribution in [1.82, 2.24) is 0 Å². The monoisotopic (exact) mass is 279 g/mol. The maximum absolute atomic E-state index is 10.6. The Morgan fingerprint density at radius 1 is 1.38 bits per heavy atom. The van der Waals surface area contributed by atoms with Gasteiger partial charge in [-0.3, -0.25) is 10.1 Å². The second-order valence-corrected chi connectivity index (χ2v) is 4.63. The molecule has 6 heteroatoms. The van der Waals surface area contributed by atoms with Gasteiger partial charge < -0.3 is 0 Å². The molecule has 0 unspecified atom stereocenters. The van der Waals surface area contributed by atoms with Gasteiger partial charge in [-0.05, 0) is 18.6 Å². The number of halogens is 3. The van der Waals surface area contributed by atoms with Gasteiger partial charge in [-0.15, -0.1) is 0 Å². The third-order valence-corrected chi connectivity index (χ3v) is 2.99. The number of nitro benzene ring substituents is 1. The van der Waals surface area contributed by atoms with Crippen molar-refractivity contribution in [2.24, 2.45) is 0 Å². The van der Waals surface area contributed by atoms with Crippen molar-refractivity contribution in [3.63, 3.8) is 0 Å². The van der Waals surface area contributed by atoms with Crippen LogP contribution in [0.4, 0.5) is 5.69 Å². The van der Waals surface area contributed by atoms with E-state index in [1.807, 2.05) is 0 Å². The molecule has 0 aliphatic heterocycles. The van der Waals surface area contributed by atoms with Crippen molar-refractivity contribution in [2.75, 3.05) is 0 Å². The Bertz CT molecular complexity index is 453. The number of rotatable bonds is 3. The van der Waals surface area contributed by atoms with Crippen LogP contribution in [0.2, 0.25) is 0 Å². The van der Waals surface area contributed by atoms with E-state index in [0.29, 0.717) is 17.0 Å². The Labute approximate surface area is 108 Å². The predicted octanol–water partition coefficient (Wildman–Crippen LogP) is 4.33. The van der Waals surface area contributed by atoms with E-state index in [4.69, 9.17) is 34.8 Å². The molecule has 86 valence electrons. The molecule has 0 amide bonds. The minimum absolute atomic E-state index is 0.0117. The number of nitro groups is 1. The lowest BCUT2D eigenvalue weighted by Gasteiger charge is -2.02. The number of hydrogen-bond acceptors (Lipinski definition) is 2. The van der Waals surface area contributed by atoms with Gasteiger partial charge in [0, 0.05) is 18.1 Å². The first-order valence-corrected chi connectivity index (χ1v) is 5.48. The van der Waals surface area contributed by atoms with Gasteiger partial charge in [-0.1, -0.05) is 40.9 Å². The molecule has 1 aromatic carbocycles. The zero-order valence-electron chi connectivity index (χ0n) is 8.34. The summed E-state index contributed by atoms with van der Waals surface area (Å²) in [6.07, 6.45) is 0.364. The molecule has 0 aliphatic rings. The van der Waals surface area contributed by atoms with Crippen LogP contribution >= 0.6 is 34.8 Å². The molecule has 16 heavy (non-hydrogen) atoms. The lowest BCUT2D eigenvalue weighted by molar-refractivity contribution is -0.385. The minimum Gasteiger partial charge on any atom is -0.258 e. The van der Waals surface area contributed by atoms with Crippen LogP contribution in [0.15, 0.2) is 27.7 Å². The molecule has 0 heterocycles. The second kappa shape index (κ2) is 5.53. The summed E-state index contributed by atoms with van der Waals surface area (Å²) >= 11 is 16.8. The Morgan fingerprint density at radius 3 is 2.44 bits per heavy atom. The normalized spacial score (nSPS) is 10.0. The van der Waals surface area contributed by atoms with Gasteiger partial charge in [0.25, 0.3) is 5.69 Å². The maximum Gasteiger partial charge on any atom is 0.272 e. The molecule has 1 aromatic rings. The van der Waals surface area contributed by atoms with Crippen LogP contribution in [0.5, 0.6) is 0 Å². The van der Waals surface area contributed by atoms with Crippen LogP contribution in [0.3, 0.4) is 0 Å². The Hall–Kier alpha value is -0.770. The first-order valence-electron chi connectivity index (χ1n) is 4.35. The lowest BCUT2D eigenvalue weighted by Crippen LogP contribution is -1.94. The fourth-order valence-electron chi connectivity index (χ4n) is 1.28. The molecule has 0 atom stereocenters. The van der Waals surface area contributed by atoms with Gasteiger partial charge in [-0.2, -0.15) is 0 Å². The molecule has 0 N–H and O–H groups in total. The molecule has 0 bridgehead atoms. The minimum atomic E-state index is -0.426. The first-order chi connectivity index (χ1) is 7.41. The highest BCUT2D eigenvalue weighted by Gasteiger charge is 2.11. The zero-order chi connectivity index (χ0) is 12.3. The van der Waals surface area contributed by atoms with E-state index in [1.54, 1.807) is 19.1 Å². The predicted molar refractivity (Wildman–Crippen MR) is 66.1 cm³/mol. The van der Waals surface area contributed by atoms with Crippen molar-refractivity contribution in [1.29, 1.82) is 0 Å². The van der Waals surface area contributed by atoms with Gasteiger partial charge in [0.15, 0.2) is 0 Å². The lowest BCUT2D eigenvalue weighted by atomic mass is 10.1. The summed E-state index contributed by atoms with van der Waals surface area (Å²) < 4.78 is 0.0117. The van der Waals surface area contributed by atoms with Gasteiger partial charge in [0.2, 0.25) is 0 Å². The molecule has 0 radical (unpaired) electrons. The summed E-state index contributed by atoms with van der Waals surface area (Å²) in [5.74, 6) is 0. The van der Waals surface area contributed by atoms with Crippen molar-refractivity contribution >= 4 is 40.5 Å². The quantitative estimate of drug-likeness (QED) is 0.611. The van der Waals surface area contributed by atoms with Crippen LogP contribution < -0.4 is 0 Å². The molecular formula is C10H8Cl3NO2. The van der Waals surface area contributed by atoms with Crippen LogP contribution in [0, 0.1) is 17.0 Å². The summed E-state index contributed by atoms with van der Waals surface area (Å²) in [6, 6.07) is 4.76. The molecule has 1 rings (SSSR count). The van der Waals surface area contributed by atoms with E-state index in [9.17, 15) is 10.1 Å². The Balaban J connectivity index is 2.99. The summed E-state index contributed by atoms with van der Waals surface area (Å²) in [6.45, 7) is 1.67. The molecule has 0 aliphatic carbocycles. The van der Waals surface area contributed by atoms with Crippen molar-refractivity contribution < 1.29 is 4.92 Å². The smallest absolute Gasteiger partial charge is 0.258 e. The summed E-state index contributed by atoms with van der Waals surface area (Å²) in [5, 5.41) is 10.9. The molecule has 0 saturated heterocycles. The molecule has 0 aromatic heterocycles. The van der Waals surface area contributed by atoms with Crippen LogP contribution in [0.1, 0.15) is 11.1 Å². The van der Waals surface area contributed by atoms with Gasteiger partial charge in [-0.25, -0.2) is 0 Å². The average Bonchev–Trinajstić information content (AvgIpc) is 2.16. The molecule has 0 saturated carbocycles. The first kappa shape index (κ1) is 13.3. The van der Waals surface area contributed by atoms with E-state index in [0.717, 1.165) is 5.56 Å². The zero-order valence-corrected chi connectivity index (χ0v) is 10.6. The largest absolute Gasteiger partial charge is 0.272 e.